The van der Waals surface area contributed by atoms with Gasteiger partial charge < -0.3 is 10.2 Å². The maximum absolute atomic E-state index is 12.7. The number of aryl methyl sites for hydroxylation is 2. The van der Waals surface area contributed by atoms with E-state index in [0.29, 0.717) is 11.3 Å². The maximum Gasteiger partial charge on any atom is 0.416 e. The zero-order valence-electron chi connectivity index (χ0n) is 11.5. The highest BCUT2D eigenvalue weighted by atomic mass is 19.4. The first-order valence-corrected chi connectivity index (χ1v) is 6.21. The van der Waals surface area contributed by atoms with Gasteiger partial charge in [-0.1, -0.05) is 12.1 Å². The zero-order chi connectivity index (χ0) is 15.1. The Bertz CT molecular complexity index is 629. The molecule has 0 bridgehead atoms. The minimum Gasteiger partial charge on any atom is -0.466 e. The van der Waals surface area contributed by atoms with Crippen LogP contribution in [0.15, 0.2) is 28.7 Å². The summed E-state index contributed by atoms with van der Waals surface area (Å²) in [5.74, 6) is 1.38. The zero-order valence-corrected chi connectivity index (χ0v) is 11.5. The number of alkyl halides is 3. The normalized spacial score (nSPS) is 13.6. The lowest BCUT2D eigenvalue weighted by Crippen LogP contribution is -2.15. The summed E-state index contributed by atoms with van der Waals surface area (Å²) in [7, 11) is 0. The molecule has 0 amide bonds. The van der Waals surface area contributed by atoms with Gasteiger partial charge in [0.15, 0.2) is 0 Å². The minimum atomic E-state index is -4.37. The molecule has 2 nitrogen and oxygen atoms in total. The van der Waals surface area contributed by atoms with Crippen LogP contribution in [0.1, 0.15) is 39.8 Å². The number of benzene rings is 1. The molecule has 1 unspecified atom stereocenters. The van der Waals surface area contributed by atoms with Crippen LogP contribution in [0.4, 0.5) is 13.2 Å². The predicted octanol–water partition coefficient (Wildman–Crippen LogP) is 4.27. The van der Waals surface area contributed by atoms with Gasteiger partial charge in [0.25, 0.3) is 0 Å². The Balaban J connectivity index is 2.46. The van der Waals surface area contributed by atoms with Gasteiger partial charge in [-0.3, -0.25) is 0 Å². The molecule has 0 radical (unpaired) electrons. The van der Waals surface area contributed by atoms with Crippen molar-refractivity contribution in [3.63, 3.8) is 0 Å². The second-order valence-electron chi connectivity index (χ2n) is 4.85. The summed E-state index contributed by atoms with van der Waals surface area (Å²) in [5, 5.41) is 0. The van der Waals surface area contributed by atoms with Crippen LogP contribution in [0.3, 0.4) is 0 Å². The monoisotopic (exact) mass is 283 g/mol. The first kappa shape index (κ1) is 14.7. The fourth-order valence-corrected chi connectivity index (χ4v) is 2.34. The standard InChI is InChI=1S/C15H16F3NO/c1-8-9(2)20-10(3)13(8)14(19)11-5-4-6-12(7-11)15(16,17)18/h4-7,14H,19H2,1-3H3. The Morgan fingerprint density at radius 3 is 2.25 bits per heavy atom. The summed E-state index contributed by atoms with van der Waals surface area (Å²) in [4.78, 5) is 0. The summed E-state index contributed by atoms with van der Waals surface area (Å²) in [6, 6.07) is 4.47. The largest absolute Gasteiger partial charge is 0.466 e. The van der Waals surface area contributed by atoms with Gasteiger partial charge in [0.1, 0.15) is 11.5 Å². The predicted molar refractivity (Wildman–Crippen MR) is 70.4 cm³/mol. The molecule has 0 fully saturated rings. The van der Waals surface area contributed by atoms with E-state index in [9.17, 15) is 13.2 Å². The van der Waals surface area contributed by atoms with Crippen molar-refractivity contribution in [1.29, 1.82) is 0 Å². The van der Waals surface area contributed by atoms with Crippen molar-refractivity contribution < 1.29 is 17.6 Å². The molecule has 0 aliphatic rings. The Labute approximate surface area is 115 Å². The molecular formula is C15H16F3NO. The number of hydrogen-bond donors (Lipinski definition) is 1. The highest BCUT2D eigenvalue weighted by Gasteiger charge is 2.31. The highest BCUT2D eigenvalue weighted by Crippen LogP contribution is 2.34. The van der Waals surface area contributed by atoms with Gasteiger partial charge in [0, 0.05) is 5.56 Å². The van der Waals surface area contributed by atoms with Gasteiger partial charge in [-0.15, -0.1) is 0 Å². The topological polar surface area (TPSA) is 39.2 Å². The molecule has 0 spiro atoms. The van der Waals surface area contributed by atoms with Crippen LogP contribution in [0.25, 0.3) is 0 Å². The van der Waals surface area contributed by atoms with Gasteiger partial charge in [-0.25, -0.2) is 0 Å². The van der Waals surface area contributed by atoms with E-state index >= 15 is 0 Å². The van der Waals surface area contributed by atoms with Crippen LogP contribution in [0.2, 0.25) is 0 Å². The number of rotatable bonds is 2. The lowest BCUT2D eigenvalue weighted by molar-refractivity contribution is -0.137. The summed E-state index contributed by atoms with van der Waals surface area (Å²) < 4.78 is 43.7. The maximum atomic E-state index is 12.7. The average Bonchev–Trinajstić information content (AvgIpc) is 2.62. The van der Waals surface area contributed by atoms with Crippen LogP contribution in [0, 0.1) is 20.8 Å². The molecule has 1 aromatic heterocycles. The van der Waals surface area contributed by atoms with Gasteiger partial charge in [0.05, 0.1) is 11.6 Å². The van der Waals surface area contributed by atoms with E-state index in [2.05, 4.69) is 0 Å². The molecule has 1 aromatic carbocycles. The van der Waals surface area contributed by atoms with E-state index in [4.69, 9.17) is 10.2 Å². The molecular weight excluding hydrogens is 267 g/mol. The van der Waals surface area contributed by atoms with Crippen LogP contribution in [0.5, 0.6) is 0 Å². The third-order valence-corrected chi connectivity index (χ3v) is 3.50. The molecule has 108 valence electrons. The van der Waals surface area contributed by atoms with E-state index < -0.39 is 17.8 Å². The van der Waals surface area contributed by atoms with E-state index in [0.717, 1.165) is 29.0 Å². The number of furan rings is 1. The average molecular weight is 283 g/mol. The molecule has 2 N–H and O–H groups in total. The Hall–Kier alpha value is -1.75. The van der Waals surface area contributed by atoms with Crippen molar-refractivity contribution in [3.05, 3.63) is 58.0 Å². The smallest absolute Gasteiger partial charge is 0.416 e. The van der Waals surface area contributed by atoms with Gasteiger partial charge in [-0.2, -0.15) is 13.2 Å². The lowest BCUT2D eigenvalue weighted by atomic mass is 9.95. The molecule has 5 heteroatoms. The van der Waals surface area contributed by atoms with E-state index in [1.165, 1.54) is 6.07 Å². The summed E-state index contributed by atoms with van der Waals surface area (Å²) >= 11 is 0. The first-order valence-electron chi connectivity index (χ1n) is 6.21. The quantitative estimate of drug-likeness (QED) is 0.893. The van der Waals surface area contributed by atoms with Crippen molar-refractivity contribution >= 4 is 0 Å². The van der Waals surface area contributed by atoms with Crippen molar-refractivity contribution in [2.45, 2.75) is 33.0 Å². The minimum absolute atomic E-state index is 0.423. The first-order chi connectivity index (χ1) is 9.21. The molecule has 20 heavy (non-hydrogen) atoms. The number of halogens is 3. The van der Waals surface area contributed by atoms with Crippen LogP contribution < -0.4 is 5.73 Å². The fourth-order valence-electron chi connectivity index (χ4n) is 2.34. The molecule has 0 aliphatic heterocycles. The molecule has 1 atom stereocenters. The summed E-state index contributed by atoms with van der Waals surface area (Å²) in [6.45, 7) is 5.43. The second kappa shape index (κ2) is 4.98. The Morgan fingerprint density at radius 1 is 1.10 bits per heavy atom. The van der Waals surface area contributed by atoms with Gasteiger partial charge in [0.2, 0.25) is 0 Å². The van der Waals surface area contributed by atoms with E-state index in [-0.39, 0.29) is 0 Å². The second-order valence-corrected chi connectivity index (χ2v) is 4.85. The lowest BCUT2D eigenvalue weighted by Gasteiger charge is -2.15. The van der Waals surface area contributed by atoms with E-state index in [1.807, 2.05) is 13.8 Å². The summed E-state index contributed by atoms with van der Waals surface area (Å²) in [6.07, 6.45) is -4.37. The van der Waals surface area contributed by atoms with Crippen molar-refractivity contribution in [2.75, 3.05) is 0 Å². The highest BCUT2D eigenvalue weighted by molar-refractivity contribution is 5.41. The molecule has 0 saturated heterocycles. The third kappa shape index (κ3) is 2.58. The Kier molecular flexibility index (Phi) is 3.65. The fraction of sp³-hybridized carbons (Fsp3) is 0.333. The van der Waals surface area contributed by atoms with Crippen molar-refractivity contribution in [2.24, 2.45) is 5.73 Å². The van der Waals surface area contributed by atoms with Crippen molar-refractivity contribution in [3.8, 4) is 0 Å². The number of hydrogen-bond acceptors (Lipinski definition) is 2. The van der Waals surface area contributed by atoms with Gasteiger partial charge in [-0.05, 0) is 44.0 Å². The SMILES string of the molecule is Cc1oc(C)c(C(N)c2cccc(C(F)(F)F)c2)c1C. The van der Waals surface area contributed by atoms with E-state index in [1.54, 1.807) is 13.0 Å². The van der Waals surface area contributed by atoms with Crippen LogP contribution >= 0.6 is 0 Å². The van der Waals surface area contributed by atoms with Gasteiger partial charge >= 0.3 is 6.18 Å². The molecule has 1 heterocycles. The molecule has 0 saturated carbocycles. The molecule has 2 rings (SSSR count). The Morgan fingerprint density at radius 2 is 1.75 bits per heavy atom. The molecule has 0 aliphatic carbocycles. The third-order valence-electron chi connectivity index (χ3n) is 3.50. The molecule has 2 aromatic rings. The van der Waals surface area contributed by atoms with Crippen molar-refractivity contribution in [1.82, 2.24) is 0 Å². The number of nitrogens with two attached hydrogens (primary N) is 1. The van der Waals surface area contributed by atoms with Crippen LogP contribution in [-0.4, -0.2) is 0 Å². The summed E-state index contributed by atoms with van der Waals surface area (Å²) in [5.41, 5.74) is 7.48. The van der Waals surface area contributed by atoms with Crippen LogP contribution in [-0.2, 0) is 6.18 Å².